The van der Waals surface area contributed by atoms with E-state index in [1.807, 2.05) is 24.5 Å². The molecule has 0 aliphatic carbocycles. The van der Waals surface area contributed by atoms with Gasteiger partial charge < -0.3 is 4.57 Å². The molecule has 0 spiro atoms. The zero-order valence-electron chi connectivity index (χ0n) is 17.9. The van der Waals surface area contributed by atoms with Crippen molar-refractivity contribution in [2.45, 2.75) is 20.8 Å². The van der Waals surface area contributed by atoms with E-state index < -0.39 is 17.6 Å². The fourth-order valence-electron chi connectivity index (χ4n) is 3.83. The number of thiocarbonyl (C=S) groups is 1. The topological polar surface area (TPSA) is 54.3 Å². The number of hydrogen-bond acceptors (Lipinski definition) is 3. The molecule has 0 radical (unpaired) electrons. The van der Waals surface area contributed by atoms with Crippen LogP contribution < -0.4 is 10.2 Å². The Balaban J connectivity index is 1.79. The molecule has 5 nitrogen and oxygen atoms in total. The molecule has 2 heterocycles. The maximum Gasteiger partial charge on any atom is 0.270 e. The molecule has 1 aliphatic rings. The van der Waals surface area contributed by atoms with Gasteiger partial charge in [-0.15, -0.1) is 0 Å². The molecular formula is C24H18Cl2FN3O2S. The fourth-order valence-corrected chi connectivity index (χ4v) is 4.44. The van der Waals surface area contributed by atoms with Gasteiger partial charge in [-0.3, -0.25) is 19.8 Å². The highest BCUT2D eigenvalue weighted by atomic mass is 35.5. The van der Waals surface area contributed by atoms with Gasteiger partial charge in [-0.05, 0) is 86.6 Å². The quantitative estimate of drug-likeness (QED) is 0.285. The molecular weight excluding hydrogens is 484 g/mol. The molecule has 0 unspecified atom stereocenters. The van der Waals surface area contributed by atoms with Crippen LogP contribution in [0.15, 0.2) is 48.0 Å². The largest absolute Gasteiger partial charge is 0.318 e. The van der Waals surface area contributed by atoms with Crippen molar-refractivity contribution in [3.8, 4) is 5.69 Å². The van der Waals surface area contributed by atoms with E-state index in [4.69, 9.17) is 35.4 Å². The lowest BCUT2D eigenvalue weighted by Gasteiger charge is -2.30. The van der Waals surface area contributed by atoms with Gasteiger partial charge in [-0.2, -0.15) is 0 Å². The average molecular weight is 502 g/mol. The molecule has 168 valence electrons. The zero-order chi connectivity index (χ0) is 24.0. The first-order valence-electron chi connectivity index (χ1n) is 9.91. The Kier molecular flexibility index (Phi) is 6.14. The molecule has 1 N–H and O–H groups in total. The third-order valence-corrected chi connectivity index (χ3v) is 6.50. The molecule has 0 saturated carbocycles. The number of nitrogens with zero attached hydrogens (tertiary/aromatic N) is 2. The van der Waals surface area contributed by atoms with Gasteiger partial charge in [0.25, 0.3) is 11.8 Å². The van der Waals surface area contributed by atoms with Gasteiger partial charge in [0.15, 0.2) is 5.11 Å². The third-order valence-electron chi connectivity index (χ3n) is 5.51. The van der Waals surface area contributed by atoms with Crippen molar-refractivity contribution in [2.24, 2.45) is 0 Å². The Hall–Kier alpha value is -3.00. The van der Waals surface area contributed by atoms with E-state index in [1.165, 1.54) is 23.1 Å². The van der Waals surface area contributed by atoms with Gasteiger partial charge in [-0.25, -0.2) is 4.39 Å². The summed E-state index contributed by atoms with van der Waals surface area (Å²) in [4.78, 5) is 27.3. The van der Waals surface area contributed by atoms with Crippen molar-refractivity contribution < 1.29 is 14.0 Å². The highest BCUT2D eigenvalue weighted by Crippen LogP contribution is 2.31. The van der Waals surface area contributed by atoms with Crippen LogP contribution in [0.25, 0.3) is 11.8 Å². The van der Waals surface area contributed by atoms with Crippen LogP contribution in [0.5, 0.6) is 0 Å². The van der Waals surface area contributed by atoms with Crippen LogP contribution in [-0.2, 0) is 9.59 Å². The summed E-state index contributed by atoms with van der Waals surface area (Å²) in [6.07, 6.45) is 1.52. The minimum absolute atomic E-state index is 0.00258. The highest BCUT2D eigenvalue weighted by Gasteiger charge is 2.35. The van der Waals surface area contributed by atoms with Crippen LogP contribution in [0.1, 0.15) is 22.5 Å². The van der Waals surface area contributed by atoms with E-state index in [2.05, 4.69) is 5.32 Å². The standard InChI is InChI=1S/C24H18Cl2FN3O2S/c1-12-9-15(14(3)29(12)16-7-8-20(27)19(26)11-16)10-17-22(31)28-24(33)30(23(17)32)21-6-4-5-18(25)13(21)2/h4-11H,1-3H3,(H,28,31,33)/b17-10+. The Labute approximate surface area is 205 Å². The number of hydrogen-bond donors (Lipinski definition) is 1. The summed E-state index contributed by atoms with van der Waals surface area (Å²) in [6, 6.07) is 11.4. The minimum atomic E-state index is -0.587. The number of halogens is 3. The Bertz CT molecular complexity index is 1380. The Morgan fingerprint density at radius 2 is 1.76 bits per heavy atom. The summed E-state index contributed by atoms with van der Waals surface area (Å²) in [5.74, 6) is -1.65. The molecule has 1 aliphatic heterocycles. The number of rotatable bonds is 3. The first-order chi connectivity index (χ1) is 15.6. The maximum absolute atomic E-state index is 13.6. The Morgan fingerprint density at radius 3 is 2.45 bits per heavy atom. The highest BCUT2D eigenvalue weighted by molar-refractivity contribution is 7.80. The number of nitrogens with one attached hydrogen (secondary N) is 1. The van der Waals surface area contributed by atoms with Crippen LogP contribution in [0.4, 0.5) is 10.1 Å². The van der Waals surface area contributed by atoms with Crippen molar-refractivity contribution in [1.29, 1.82) is 0 Å². The molecule has 3 aromatic rings. The number of amides is 2. The monoisotopic (exact) mass is 501 g/mol. The second-order valence-electron chi connectivity index (χ2n) is 7.60. The van der Waals surface area contributed by atoms with Crippen LogP contribution in [0.3, 0.4) is 0 Å². The van der Waals surface area contributed by atoms with Gasteiger partial charge in [0.1, 0.15) is 11.4 Å². The molecule has 1 aromatic heterocycles. The van der Waals surface area contributed by atoms with Crippen molar-refractivity contribution in [3.05, 3.63) is 86.4 Å². The van der Waals surface area contributed by atoms with Gasteiger partial charge in [0.2, 0.25) is 0 Å². The molecule has 1 fully saturated rings. The summed E-state index contributed by atoms with van der Waals surface area (Å²) < 4.78 is 15.5. The summed E-state index contributed by atoms with van der Waals surface area (Å²) in [5, 5.41) is 3.05. The zero-order valence-corrected chi connectivity index (χ0v) is 20.2. The normalized spacial score (nSPS) is 15.4. The SMILES string of the molecule is Cc1c(Cl)cccc1N1C(=O)/C(=C/c2cc(C)n(-c3ccc(F)c(Cl)c3)c2C)C(=O)NC1=S. The summed E-state index contributed by atoms with van der Waals surface area (Å²) >= 11 is 17.5. The molecule has 4 rings (SSSR count). The van der Waals surface area contributed by atoms with Crippen molar-refractivity contribution in [2.75, 3.05) is 4.90 Å². The number of aryl methyl sites for hydroxylation is 1. The number of aromatic nitrogens is 1. The Morgan fingerprint density at radius 1 is 1.03 bits per heavy atom. The lowest BCUT2D eigenvalue weighted by atomic mass is 10.1. The lowest BCUT2D eigenvalue weighted by molar-refractivity contribution is -0.122. The predicted molar refractivity (Wildman–Crippen MR) is 133 cm³/mol. The number of anilines is 1. The number of carbonyl (C=O) groups excluding carboxylic acids is 2. The van der Waals surface area contributed by atoms with Gasteiger partial charge in [0, 0.05) is 22.1 Å². The van der Waals surface area contributed by atoms with E-state index in [0.717, 1.165) is 11.4 Å². The molecule has 0 atom stereocenters. The van der Waals surface area contributed by atoms with Crippen LogP contribution in [0, 0.1) is 26.6 Å². The van der Waals surface area contributed by atoms with Crippen LogP contribution in [0.2, 0.25) is 10.0 Å². The maximum atomic E-state index is 13.6. The summed E-state index contributed by atoms with van der Waals surface area (Å²) in [5.41, 5.74) is 3.98. The number of benzene rings is 2. The molecule has 33 heavy (non-hydrogen) atoms. The third kappa shape index (κ3) is 4.08. The first kappa shape index (κ1) is 23.2. The molecule has 1 saturated heterocycles. The van der Waals surface area contributed by atoms with Gasteiger partial charge >= 0.3 is 0 Å². The van der Waals surface area contributed by atoms with Gasteiger partial charge in [0.05, 0.1) is 10.7 Å². The summed E-state index contributed by atoms with van der Waals surface area (Å²) in [6.45, 7) is 5.48. The van der Waals surface area contributed by atoms with E-state index >= 15 is 0 Å². The predicted octanol–water partition coefficient (Wildman–Crippen LogP) is 5.68. The molecule has 0 bridgehead atoms. The van der Waals surface area contributed by atoms with E-state index in [1.54, 1.807) is 31.2 Å². The molecule has 2 aromatic carbocycles. The second kappa shape index (κ2) is 8.74. The smallest absolute Gasteiger partial charge is 0.270 e. The van der Waals surface area contributed by atoms with Gasteiger partial charge in [-0.1, -0.05) is 29.3 Å². The average Bonchev–Trinajstić information content (AvgIpc) is 3.03. The van der Waals surface area contributed by atoms with Crippen LogP contribution >= 0.6 is 35.4 Å². The van der Waals surface area contributed by atoms with Crippen molar-refractivity contribution in [3.63, 3.8) is 0 Å². The molecule has 9 heteroatoms. The minimum Gasteiger partial charge on any atom is -0.318 e. The van der Waals surface area contributed by atoms with Crippen molar-refractivity contribution >= 4 is 64.1 Å². The second-order valence-corrected chi connectivity index (χ2v) is 8.80. The summed E-state index contributed by atoms with van der Waals surface area (Å²) in [7, 11) is 0. The van der Waals surface area contributed by atoms with E-state index in [0.29, 0.717) is 27.5 Å². The van der Waals surface area contributed by atoms with E-state index in [9.17, 15) is 14.0 Å². The number of carbonyl (C=O) groups is 2. The van der Waals surface area contributed by atoms with Crippen LogP contribution in [-0.4, -0.2) is 21.5 Å². The fraction of sp³-hybridized carbons (Fsp3) is 0.125. The lowest BCUT2D eigenvalue weighted by Crippen LogP contribution is -2.54. The van der Waals surface area contributed by atoms with Crippen molar-refractivity contribution in [1.82, 2.24) is 9.88 Å². The first-order valence-corrected chi connectivity index (χ1v) is 11.1. The van der Waals surface area contributed by atoms with E-state index in [-0.39, 0.29) is 15.7 Å². The molecule has 2 amide bonds.